The van der Waals surface area contributed by atoms with Crippen molar-refractivity contribution in [3.05, 3.63) is 39.3 Å². The largest absolute Gasteiger partial charge is 0.433 e. The summed E-state index contributed by atoms with van der Waals surface area (Å²) in [5, 5.41) is 29.2. The van der Waals surface area contributed by atoms with Gasteiger partial charge >= 0.3 is 5.88 Å². The van der Waals surface area contributed by atoms with Crippen molar-refractivity contribution in [2.45, 2.75) is 19.8 Å². The van der Waals surface area contributed by atoms with Crippen molar-refractivity contribution in [3.8, 4) is 12.1 Å². The lowest BCUT2D eigenvalue weighted by molar-refractivity contribution is -0.402. The minimum Gasteiger partial charge on any atom is -0.405 e. The van der Waals surface area contributed by atoms with Gasteiger partial charge in [-0.25, -0.2) is 0 Å². The monoisotopic (exact) mass is 270 g/mol. The van der Waals surface area contributed by atoms with E-state index in [0.29, 0.717) is 17.0 Å². The Kier molecular flexibility index (Phi) is 3.36. The lowest BCUT2D eigenvalue weighted by Gasteiger charge is -2.24. The molecular weight excluding hydrogens is 260 g/mol. The summed E-state index contributed by atoms with van der Waals surface area (Å²) in [5.74, 6) is -1.50. The highest BCUT2D eigenvalue weighted by molar-refractivity contribution is 5.90. The van der Waals surface area contributed by atoms with E-state index < -0.39 is 22.6 Å². The van der Waals surface area contributed by atoms with Gasteiger partial charge in [0.15, 0.2) is 0 Å². The van der Waals surface area contributed by atoms with E-state index >= 15 is 0 Å². The molecule has 0 fully saturated rings. The first-order valence-corrected chi connectivity index (χ1v) is 5.79. The summed E-state index contributed by atoms with van der Waals surface area (Å²) in [6.07, 6.45) is 0. The second-order valence-electron chi connectivity index (χ2n) is 4.38. The fourth-order valence-corrected chi connectivity index (χ4v) is 2.26. The molecule has 0 N–H and O–H groups in total. The number of nitriles is 2. The fraction of sp³-hybridized carbons (Fsp3) is 0.308. The highest BCUT2D eigenvalue weighted by atomic mass is 16.6. The van der Waals surface area contributed by atoms with Gasteiger partial charge in [-0.1, -0.05) is 0 Å². The number of aliphatic imine (C=N–C) groups is 1. The fourth-order valence-electron chi connectivity index (χ4n) is 2.26. The minimum absolute atomic E-state index is 0.230. The maximum absolute atomic E-state index is 10.7. The van der Waals surface area contributed by atoms with Crippen LogP contribution in [0.3, 0.4) is 0 Å². The van der Waals surface area contributed by atoms with Crippen LogP contribution in [0.2, 0.25) is 0 Å². The van der Waals surface area contributed by atoms with Gasteiger partial charge in [-0.15, -0.1) is 0 Å². The van der Waals surface area contributed by atoms with Gasteiger partial charge in [-0.2, -0.15) is 10.5 Å². The zero-order chi connectivity index (χ0) is 14.9. The van der Waals surface area contributed by atoms with Gasteiger partial charge in [0.1, 0.15) is 10.7 Å². The number of rotatable bonds is 2. The van der Waals surface area contributed by atoms with Crippen LogP contribution in [0.25, 0.3) is 0 Å². The second kappa shape index (κ2) is 4.98. The molecule has 0 spiro atoms. The van der Waals surface area contributed by atoms with Gasteiger partial charge in [0.05, 0.1) is 41.3 Å². The van der Waals surface area contributed by atoms with Crippen LogP contribution in [0.5, 0.6) is 0 Å². The van der Waals surface area contributed by atoms with Crippen molar-refractivity contribution in [1.29, 1.82) is 10.5 Å². The Hall–Kier alpha value is -2.93. The second-order valence-corrected chi connectivity index (χ2v) is 4.38. The van der Waals surface area contributed by atoms with E-state index in [2.05, 4.69) is 11.1 Å². The average molecular weight is 270 g/mol. The van der Waals surface area contributed by atoms with Gasteiger partial charge in [-0.3, -0.25) is 15.1 Å². The quantitative estimate of drug-likeness (QED) is 0.604. The maximum Gasteiger partial charge on any atom is 0.433 e. The lowest BCUT2D eigenvalue weighted by atomic mass is 9.80. The van der Waals surface area contributed by atoms with Crippen LogP contribution in [0.4, 0.5) is 5.88 Å². The number of hydrogen-bond acceptors (Lipinski definition) is 6. The van der Waals surface area contributed by atoms with Crippen molar-refractivity contribution in [1.82, 2.24) is 0 Å². The van der Waals surface area contributed by atoms with Gasteiger partial charge in [0.2, 0.25) is 0 Å². The Labute approximate surface area is 114 Å². The summed E-state index contributed by atoms with van der Waals surface area (Å²) in [6, 6.07) is 6.74. The summed E-state index contributed by atoms with van der Waals surface area (Å²) in [7, 11) is 0. The Bertz CT molecular complexity index is 715. The first-order valence-electron chi connectivity index (χ1n) is 5.79. The minimum atomic E-state index is -0.667. The van der Waals surface area contributed by atoms with Crippen LogP contribution in [-0.4, -0.2) is 10.6 Å². The molecule has 7 nitrogen and oxygen atoms in total. The predicted octanol–water partition coefficient (Wildman–Crippen LogP) is 2.68. The molecular formula is C13H10N4O3. The third-order valence-corrected chi connectivity index (χ3v) is 3.19. The molecule has 0 saturated carbocycles. The number of hydrogen-bond donors (Lipinski definition) is 0. The molecule has 1 aliphatic heterocycles. The molecule has 0 aromatic carbocycles. The third kappa shape index (κ3) is 2.06. The summed E-state index contributed by atoms with van der Waals surface area (Å²) in [5.41, 5.74) is 1.36. The highest BCUT2D eigenvalue weighted by Gasteiger charge is 2.36. The van der Waals surface area contributed by atoms with Crippen molar-refractivity contribution in [2.75, 3.05) is 0 Å². The van der Waals surface area contributed by atoms with Crippen LogP contribution in [0.1, 0.15) is 25.5 Å². The maximum atomic E-state index is 10.7. The van der Waals surface area contributed by atoms with E-state index in [1.807, 2.05) is 6.07 Å². The molecule has 0 saturated heterocycles. The molecule has 2 heterocycles. The SMILES string of the molecule is CC1=NC(C)=C(C#N)[C@H](c2ccc([N+](=O)[O-])o2)C1C#N. The van der Waals surface area contributed by atoms with Crippen LogP contribution < -0.4 is 0 Å². The molecule has 1 aromatic rings. The van der Waals surface area contributed by atoms with Crippen LogP contribution in [0, 0.1) is 38.7 Å². The number of allylic oxidation sites excluding steroid dienone is 2. The van der Waals surface area contributed by atoms with E-state index in [1.54, 1.807) is 13.8 Å². The molecule has 2 atom stereocenters. The number of nitro groups is 1. The molecule has 0 radical (unpaired) electrons. The standard InChI is InChI=1S/C13H10N4O3/c1-7-9(5-14)13(10(6-15)8(2)16-7)11-3-4-12(20-11)17(18)19/h3-4,9,13H,1-2H3/t9?,13-/m1/s1. The van der Waals surface area contributed by atoms with E-state index in [1.165, 1.54) is 12.1 Å². The van der Waals surface area contributed by atoms with E-state index in [4.69, 9.17) is 4.42 Å². The summed E-state index contributed by atoms with van der Waals surface area (Å²) >= 11 is 0. The Balaban J connectivity index is 2.56. The number of nitrogens with zero attached hydrogens (tertiary/aromatic N) is 4. The Morgan fingerprint density at radius 2 is 2.10 bits per heavy atom. The Morgan fingerprint density at radius 1 is 1.40 bits per heavy atom. The third-order valence-electron chi connectivity index (χ3n) is 3.19. The molecule has 100 valence electrons. The van der Waals surface area contributed by atoms with Crippen LogP contribution >= 0.6 is 0 Å². The predicted molar refractivity (Wildman–Crippen MR) is 68.6 cm³/mol. The first-order chi connectivity index (χ1) is 9.49. The van der Waals surface area contributed by atoms with Crippen LogP contribution in [-0.2, 0) is 0 Å². The topological polar surface area (TPSA) is 116 Å². The van der Waals surface area contributed by atoms with Crippen molar-refractivity contribution >= 4 is 11.6 Å². The van der Waals surface area contributed by atoms with E-state index in [-0.39, 0.29) is 5.76 Å². The Morgan fingerprint density at radius 3 is 2.60 bits per heavy atom. The van der Waals surface area contributed by atoms with Crippen molar-refractivity contribution in [2.24, 2.45) is 10.9 Å². The summed E-state index contributed by atoms with van der Waals surface area (Å²) in [6.45, 7) is 3.36. The summed E-state index contributed by atoms with van der Waals surface area (Å²) < 4.78 is 5.15. The van der Waals surface area contributed by atoms with Crippen LogP contribution in [0.15, 0.2) is 32.8 Å². The van der Waals surface area contributed by atoms with E-state index in [0.717, 1.165) is 0 Å². The molecule has 7 heteroatoms. The van der Waals surface area contributed by atoms with Gasteiger partial charge < -0.3 is 4.42 Å². The smallest absolute Gasteiger partial charge is 0.405 e. The zero-order valence-corrected chi connectivity index (χ0v) is 10.8. The molecule has 0 amide bonds. The van der Waals surface area contributed by atoms with Crippen molar-refractivity contribution in [3.63, 3.8) is 0 Å². The van der Waals surface area contributed by atoms with E-state index in [9.17, 15) is 20.6 Å². The number of furan rings is 1. The first kappa shape index (κ1) is 13.5. The van der Waals surface area contributed by atoms with Gasteiger partial charge in [0, 0.05) is 5.71 Å². The molecule has 1 aliphatic rings. The average Bonchev–Trinajstić information content (AvgIpc) is 2.87. The highest BCUT2D eigenvalue weighted by Crippen LogP contribution is 2.39. The summed E-state index contributed by atoms with van der Waals surface area (Å²) in [4.78, 5) is 14.2. The molecule has 0 aliphatic carbocycles. The molecule has 1 aromatic heterocycles. The zero-order valence-electron chi connectivity index (χ0n) is 10.8. The normalized spacial score (nSPS) is 21.9. The lowest BCUT2D eigenvalue weighted by Crippen LogP contribution is -2.24. The molecule has 1 unspecified atom stereocenters. The van der Waals surface area contributed by atoms with Crippen molar-refractivity contribution < 1.29 is 9.34 Å². The molecule has 20 heavy (non-hydrogen) atoms. The van der Waals surface area contributed by atoms with Gasteiger partial charge in [-0.05, 0) is 19.9 Å². The van der Waals surface area contributed by atoms with Gasteiger partial charge in [0.25, 0.3) is 0 Å². The molecule has 0 bridgehead atoms. The molecule has 2 rings (SSSR count).